The van der Waals surface area contributed by atoms with Gasteiger partial charge in [0, 0.05) is 43.9 Å². The molecule has 1 aliphatic heterocycles. The molecule has 194 valence electrons. The highest BCUT2D eigenvalue weighted by atomic mass is 16.5. The zero-order valence-corrected chi connectivity index (χ0v) is 21.2. The molecule has 1 amide bonds. The summed E-state index contributed by atoms with van der Waals surface area (Å²) in [6.07, 6.45) is 5.55. The van der Waals surface area contributed by atoms with Gasteiger partial charge in [0.1, 0.15) is 18.5 Å². The van der Waals surface area contributed by atoms with Crippen molar-refractivity contribution in [2.45, 2.75) is 57.3 Å². The van der Waals surface area contributed by atoms with Gasteiger partial charge in [0.05, 0.1) is 12.1 Å². The second-order valence-corrected chi connectivity index (χ2v) is 9.54. The second kappa shape index (κ2) is 11.8. The number of fused-ring (bicyclic) bond motifs is 1. The van der Waals surface area contributed by atoms with Crippen LogP contribution in [0, 0.1) is 0 Å². The van der Waals surface area contributed by atoms with Gasteiger partial charge in [0.15, 0.2) is 0 Å². The third kappa shape index (κ3) is 5.95. The second-order valence-electron chi connectivity index (χ2n) is 9.54. The van der Waals surface area contributed by atoms with Crippen LogP contribution in [0.5, 0.6) is 11.6 Å². The topological polar surface area (TPSA) is 89.9 Å². The molecule has 2 N–H and O–H groups in total. The number of carbonyl (C=O) groups is 1. The molecule has 3 aromatic rings. The van der Waals surface area contributed by atoms with E-state index in [4.69, 9.17) is 14.2 Å². The van der Waals surface area contributed by atoms with Crippen molar-refractivity contribution in [1.29, 1.82) is 0 Å². The lowest BCUT2D eigenvalue weighted by atomic mass is 9.98. The van der Waals surface area contributed by atoms with Crippen LogP contribution in [0.4, 0.5) is 0 Å². The van der Waals surface area contributed by atoms with Gasteiger partial charge < -0.3 is 24.6 Å². The number of benzene rings is 2. The first-order valence-electron chi connectivity index (χ1n) is 13.1. The number of nitrogens with one attached hydrogen (secondary N) is 1. The molecule has 7 nitrogen and oxygen atoms in total. The predicted octanol–water partition coefficient (Wildman–Crippen LogP) is 4.93. The Hall–Kier alpha value is -3.42. The van der Waals surface area contributed by atoms with Crippen LogP contribution in [-0.2, 0) is 16.0 Å². The molecule has 1 aromatic heterocycles. The molecule has 2 aliphatic rings. The number of hydrogen-bond acceptors (Lipinski definition) is 6. The van der Waals surface area contributed by atoms with E-state index in [2.05, 4.69) is 28.5 Å². The molecule has 1 aliphatic carbocycles. The molecule has 2 heterocycles. The van der Waals surface area contributed by atoms with Crippen molar-refractivity contribution < 1.29 is 24.1 Å². The van der Waals surface area contributed by atoms with Crippen molar-refractivity contribution in [2.24, 2.45) is 0 Å². The van der Waals surface area contributed by atoms with Crippen LogP contribution < -0.4 is 14.8 Å². The van der Waals surface area contributed by atoms with Gasteiger partial charge >= 0.3 is 0 Å². The summed E-state index contributed by atoms with van der Waals surface area (Å²) in [4.78, 5) is 15.9. The molecule has 2 aromatic carbocycles. The summed E-state index contributed by atoms with van der Waals surface area (Å²) in [5.41, 5.74) is 5.78. The molecule has 0 radical (unpaired) electrons. The fraction of sp³-hybridized carbons (Fsp3) is 0.400. The minimum atomic E-state index is -0.104. The van der Waals surface area contributed by atoms with Gasteiger partial charge in [-0.2, -0.15) is 0 Å². The Kier molecular flexibility index (Phi) is 8.02. The number of carbonyl (C=O) groups excluding carboxylic acids is 1. The number of aliphatic hydroxyl groups excluding tert-OH is 1. The van der Waals surface area contributed by atoms with Gasteiger partial charge in [-0.05, 0) is 66.6 Å². The largest absolute Gasteiger partial charge is 0.486 e. The number of hydrogen-bond donors (Lipinski definition) is 2. The summed E-state index contributed by atoms with van der Waals surface area (Å²) in [6, 6.07) is 18.4. The number of pyridine rings is 1. The first-order valence-corrected chi connectivity index (χ1v) is 13.1. The molecule has 0 saturated carbocycles. The highest BCUT2D eigenvalue weighted by Crippen LogP contribution is 2.40. The fourth-order valence-corrected chi connectivity index (χ4v) is 5.21. The standard InChI is InChI=1S/C30H34N2O5/c1-2-35-27(16-17-33)20-6-10-23(11-7-20)37-28-13-12-25-24(4-3-5-26(25)28)21-8-15-30(31-18-21)36-19-22-9-14-29(34)32-22/h3-8,10-11,15,18,22,27-28,33H,2,9,12-14,16-17,19H2,1H3,(H,32,34)/t22-,27+,28-/m1/s1. The molecule has 0 bridgehead atoms. The zero-order valence-electron chi connectivity index (χ0n) is 21.2. The zero-order chi connectivity index (χ0) is 25.6. The summed E-state index contributed by atoms with van der Waals surface area (Å²) in [7, 11) is 0. The van der Waals surface area contributed by atoms with Crippen LogP contribution in [0.1, 0.15) is 61.5 Å². The highest BCUT2D eigenvalue weighted by Gasteiger charge is 2.27. The maximum Gasteiger partial charge on any atom is 0.220 e. The van der Waals surface area contributed by atoms with Gasteiger partial charge in [-0.15, -0.1) is 0 Å². The number of nitrogens with zero attached hydrogens (tertiary/aromatic N) is 1. The van der Waals surface area contributed by atoms with Crippen LogP contribution in [-0.4, -0.2) is 41.9 Å². The van der Waals surface area contributed by atoms with Crippen LogP contribution in [0.2, 0.25) is 0 Å². The van der Waals surface area contributed by atoms with Crippen LogP contribution >= 0.6 is 0 Å². The first-order chi connectivity index (χ1) is 18.1. The first kappa shape index (κ1) is 25.2. The number of rotatable bonds is 11. The fourth-order valence-electron chi connectivity index (χ4n) is 5.21. The minimum Gasteiger partial charge on any atom is -0.486 e. The Balaban J connectivity index is 1.24. The van der Waals surface area contributed by atoms with E-state index in [0.717, 1.165) is 36.1 Å². The van der Waals surface area contributed by atoms with Crippen molar-refractivity contribution in [2.75, 3.05) is 19.8 Å². The Morgan fingerprint density at radius 3 is 2.65 bits per heavy atom. The van der Waals surface area contributed by atoms with E-state index in [-0.39, 0.29) is 30.8 Å². The number of aromatic nitrogens is 1. The van der Waals surface area contributed by atoms with Gasteiger partial charge in [0.25, 0.3) is 0 Å². The lowest BCUT2D eigenvalue weighted by molar-refractivity contribution is -0.119. The Labute approximate surface area is 217 Å². The third-order valence-corrected chi connectivity index (χ3v) is 7.07. The average Bonchev–Trinajstić information content (AvgIpc) is 3.54. The van der Waals surface area contributed by atoms with E-state index < -0.39 is 0 Å². The molecule has 0 unspecified atom stereocenters. The van der Waals surface area contributed by atoms with E-state index in [1.165, 1.54) is 16.7 Å². The summed E-state index contributed by atoms with van der Waals surface area (Å²) in [6.45, 7) is 3.10. The average molecular weight is 503 g/mol. The number of ether oxygens (including phenoxy) is 3. The maximum absolute atomic E-state index is 11.4. The van der Waals surface area contributed by atoms with E-state index in [1.54, 1.807) is 0 Å². The van der Waals surface area contributed by atoms with Gasteiger partial charge in [-0.1, -0.05) is 30.3 Å². The molecule has 1 fully saturated rings. The molecular formula is C30H34N2O5. The van der Waals surface area contributed by atoms with Gasteiger partial charge in [-0.3, -0.25) is 4.79 Å². The van der Waals surface area contributed by atoms with Crippen molar-refractivity contribution in [3.05, 3.63) is 77.5 Å². The van der Waals surface area contributed by atoms with E-state index in [0.29, 0.717) is 31.9 Å². The maximum atomic E-state index is 11.4. The molecular weight excluding hydrogens is 468 g/mol. The van der Waals surface area contributed by atoms with Crippen molar-refractivity contribution in [3.63, 3.8) is 0 Å². The number of amides is 1. The normalized spacial score (nSPS) is 19.4. The monoisotopic (exact) mass is 502 g/mol. The van der Waals surface area contributed by atoms with Crippen LogP contribution in [0.25, 0.3) is 11.1 Å². The lowest BCUT2D eigenvalue weighted by Crippen LogP contribution is -2.30. The quantitative estimate of drug-likeness (QED) is 0.386. The van der Waals surface area contributed by atoms with E-state index >= 15 is 0 Å². The highest BCUT2D eigenvalue weighted by molar-refractivity contribution is 5.78. The SMILES string of the molecule is CCO[C@@H](CCO)c1ccc(O[C@@H]2CCc3c(-c4ccc(OC[C@H]5CCC(=O)N5)nc4)cccc32)cc1. The molecule has 1 saturated heterocycles. The summed E-state index contributed by atoms with van der Waals surface area (Å²) < 4.78 is 18.0. The van der Waals surface area contributed by atoms with Crippen molar-refractivity contribution in [3.8, 4) is 22.8 Å². The third-order valence-electron chi connectivity index (χ3n) is 7.07. The summed E-state index contributed by atoms with van der Waals surface area (Å²) >= 11 is 0. The lowest BCUT2D eigenvalue weighted by Gasteiger charge is -2.19. The Bertz CT molecular complexity index is 1190. The molecule has 37 heavy (non-hydrogen) atoms. The molecule has 3 atom stereocenters. The summed E-state index contributed by atoms with van der Waals surface area (Å²) in [5.74, 6) is 1.47. The van der Waals surface area contributed by atoms with E-state index in [9.17, 15) is 9.90 Å². The van der Waals surface area contributed by atoms with E-state index in [1.807, 2.05) is 49.5 Å². The van der Waals surface area contributed by atoms with Gasteiger partial charge in [-0.25, -0.2) is 4.98 Å². The Morgan fingerprint density at radius 2 is 1.95 bits per heavy atom. The van der Waals surface area contributed by atoms with Crippen molar-refractivity contribution >= 4 is 5.91 Å². The smallest absolute Gasteiger partial charge is 0.220 e. The van der Waals surface area contributed by atoms with Gasteiger partial charge in [0.2, 0.25) is 11.8 Å². The Morgan fingerprint density at radius 1 is 1.08 bits per heavy atom. The van der Waals surface area contributed by atoms with Crippen LogP contribution in [0.15, 0.2) is 60.8 Å². The predicted molar refractivity (Wildman–Crippen MR) is 141 cm³/mol. The summed E-state index contributed by atoms with van der Waals surface area (Å²) in [5, 5.41) is 12.2. The molecule has 0 spiro atoms. The van der Waals surface area contributed by atoms with Crippen molar-refractivity contribution in [1.82, 2.24) is 10.3 Å². The number of aliphatic hydroxyl groups is 1. The van der Waals surface area contributed by atoms with Crippen LogP contribution in [0.3, 0.4) is 0 Å². The molecule has 5 rings (SSSR count). The minimum absolute atomic E-state index is 0.00174. The molecule has 7 heteroatoms.